The van der Waals surface area contributed by atoms with Crippen molar-refractivity contribution in [2.45, 2.75) is 20.3 Å². The molecule has 84 valence electrons. The molecule has 2 aromatic heterocycles. The Hall–Kier alpha value is -1.84. The van der Waals surface area contributed by atoms with Gasteiger partial charge in [0, 0.05) is 12.1 Å². The minimum atomic E-state index is -0.784. The first kappa shape index (κ1) is 10.7. The van der Waals surface area contributed by atoms with Crippen LogP contribution in [0.2, 0.25) is 0 Å². The Labute approximate surface area is 93.5 Å². The summed E-state index contributed by atoms with van der Waals surface area (Å²) in [5.74, 6) is -1.19. The minimum Gasteiger partial charge on any atom is -0.481 e. The first-order valence-electron chi connectivity index (χ1n) is 5.24. The van der Waals surface area contributed by atoms with E-state index < -0.39 is 11.9 Å². The van der Waals surface area contributed by atoms with Gasteiger partial charge in [0.15, 0.2) is 0 Å². The highest BCUT2D eigenvalue weighted by atomic mass is 16.4. The molecule has 0 saturated heterocycles. The molecular weight excluding hydrogens is 204 g/mol. The van der Waals surface area contributed by atoms with Crippen LogP contribution in [0.15, 0.2) is 24.5 Å². The van der Waals surface area contributed by atoms with Gasteiger partial charge >= 0.3 is 5.97 Å². The lowest BCUT2D eigenvalue weighted by atomic mass is 10.1. The maximum atomic E-state index is 10.8. The van der Waals surface area contributed by atoms with Gasteiger partial charge in [-0.3, -0.25) is 4.79 Å². The number of hydrogen-bond acceptors (Lipinski definition) is 2. The number of rotatable bonds is 3. The molecule has 0 aliphatic carbocycles. The van der Waals surface area contributed by atoms with Crippen LogP contribution < -0.4 is 0 Å². The van der Waals surface area contributed by atoms with Crippen molar-refractivity contribution in [2.75, 3.05) is 0 Å². The number of imidazole rings is 1. The number of carboxylic acids is 1. The Morgan fingerprint density at radius 1 is 1.56 bits per heavy atom. The normalized spacial score (nSPS) is 12.9. The molecule has 2 heterocycles. The molecule has 0 amide bonds. The SMILES string of the molecule is Cc1cccc2c(CC(C)C(=O)O)ncn12. The number of aliphatic carboxylic acids is 1. The van der Waals surface area contributed by atoms with Gasteiger partial charge in [-0.25, -0.2) is 4.98 Å². The summed E-state index contributed by atoms with van der Waals surface area (Å²) in [5, 5.41) is 8.87. The van der Waals surface area contributed by atoms with Crippen molar-refractivity contribution in [3.8, 4) is 0 Å². The molecule has 0 saturated carbocycles. The maximum Gasteiger partial charge on any atom is 0.306 e. The smallest absolute Gasteiger partial charge is 0.306 e. The molecule has 1 N–H and O–H groups in total. The number of pyridine rings is 1. The van der Waals surface area contributed by atoms with Crippen molar-refractivity contribution in [1.29, 1.82) is 0 Å². The van der Waals surface area contributed by atoms with Gasteiger partial charge in [0.25, 0.3) is 0 Å². The predicted molar refractivity (Wildman–Crippen MR) is 60.4 cm³/mol. The van der Waals surface area contributed by atoms with E-state index in [2.05, 4.69) is 4.98 Å². The predicted octanol–water partition coefficient (Wildman–Crippen LogP) is 1.91. The molecule has 16 heavy (non-hydrogen) atoms. The molecule has 2 aromatic rings. The van der Waals surface area contributed by atoms with Gasteiger partial charge in [0.1, 0.15) is 0 Å². The van der Waals surface area contributed by atoms with Gasteiger partial charge in [-0.1, -0.05) is 13.0 Å². The summed E-state index contributed by atoms with van der Waals surface area (Å²) in [6.45, 7) is 3.70. The van der Waals surface area contributed by atoms with E-state index in [1.165, 1.54) is 0 Å². The van der Waals surface area contributed by atoms with Gasteiger partial charge < -0.3 is 9.51 Å². The molecule has 1 atom stereocenters. The lowest BCUT2D eigenvalue weighted by molar-refractivity contribution is -0.141. The fourth-order valence-corrected chi connectivity index (χ4v) is 1.75. The number of carbonyl (C=O) groups is 1. The van der Waals surface area contributed by atoms with Crippen LogP contribution in [0.5, 0.6) is 0 Å². The lowest BCUT2D eigenvalue weighted by Crippen LogP contribution is -2.12. The Balaban J connectivity index is 2.39. The molecular formula is C12H14N2O2. The summed E-state index contributed by atoms with van der Waals surface area (Å²) >= 11 is 0. The van der Waals surface area contributed by atoms with Crippen LogP contribution in [0, 0.1) is 12.8 Å². The molecule has 0 radical (unpaired) electrons. The van der Waals surface area contributed by atoms with Gasteiger partial charge in [0.05, 0.1) is 23.5 Å². The van der Waals surface area contributed by atoms with Gasteiger partial charge in [-0.2, -0.15) is 0 Å². The second-order valence-corrected chi connectivity index (χ2v) is 4.06. The quantitative estimate of drug-likeness (QED) is 0.856. The average molecular weight is 218 g/mol. The number of nitrogens with zero attached hydrogens (tertiary/aromatic N) is 2. The number of aryl methyl sites for hydroxylation is 1. The summed E-state index contributed by atoms with van der Waals surface area (Å²) in [5.41, 5.74) is 2.94. The van der Waals surface area contributed by atoms with Crippen molar-refractivity contribution in [2.24, 2.45) is 5.92 Å². The third-order valence-corrected chi connectivity index (χ3v) is 2.78. The van der Waals surface area contributed by atoms with Gasteiger partial charge in [-0.05, 0) is 19.1 Å². The molecule has 0 aliphatic rings. The van der Waals surface area contributed by atoms with Crippen LogP contribution in [0.1, 0.15) is 18.3 Å². The Kier molecular flexibility index (Phi) is 2.64. The summed E-state index contributed by atoms with van der Waals surface area (Å²) in [6, 6.07) is 5.92. The summed E-state index contributed by atoms with van der Waals surface area (Å²) in [4.78, 5) is 15.1. The number of carboxylic acid groups (broad SMARTS) is 1. The molecule has 0 spiro atoms. The van der Waals surface area contributed by atoms with Crippen LogP contribution in [0.25, 0.3) is 5.52 Å². The highest BCUT2D eigenvalue weighted by Crippen LogP contribution is 2.15. The fraction of sp³-hybridized carbons (Fsp3) is 0.333. The highest BCUT2D eigenvalue weighted by molar-refractivity contribution is 5.70. The monoisotopic (exact) mass is 218 g/mol. The summed E-state index contributed by atoms with van der Waals surface area (Å²) in [7, 11) is 0. The van der Waals surface area contributed by atoms with Crippen LogP contribution in [-0.4, -0.2) is 20.5 Å². The minimum absolute atomic E-state index is 0.404. The zero-order chi connectivity index (χ0) is 11.7. The Morgan fingerprint density at radius 3 is 3.00 bits per heavy atom. The topological polar surface area (TPSA) is 54.6 Å². The Bertz CT molecular complexity index is 531. The summed E-state index contributed by atoms with van der Waals surface area (Å²) < 4.78 is 1.98. The van der Waals surface area contributed by atoms with Crippen LogP contribution in [0.4, 0.5) is 0 Å². The first-order valence-corrected chi connectivity index (χ1v) is 5.24. The standard InChI is InChI=1S/C12H14N2O2/c1-8(12(15)16)6-10-11-5-3-4-9(2)14(11)7-13-10/h3-5,7-8H,6H2,1-2H3,(H,15,16). The van der Waals surface area contributed by atoms with E-state index in [-0.39, 0.29) is 0 Å². The molecule has 0 aliphatic heterocycles. The molecule has 1 unspecified atom stereocenters. The fourth-order valence-electron chi connectivity index (χ4n) is 1.75. The average Bonchev–Trinajstić information content (AvgIpc) is 2.63. The van der Waals surface area contributed by atoms with E-state index in [0.717, 1.165) is 16.9 Å². The third kappa shape index (κ3) is 1.78. The van der Waals surface area contributed by atoms with E-state index in [9.17, 15) is 4.79 Å². The highest BCUT2D eigenvalue weighted by Gasteiger charge is 2.15. The molecule has 4 nitrogen and oxygen atoms in total. The van der Waals surface area contributed by atoms with Crippen molar-refractivity contribution < 1.29 is 9.90 Å². The molecule has 2 rings (SSSR count). The van der Waals surface area contributed by atoms with E-state index >= 15 is 0 Å². The van der Waals surface area contributed by atoms with Crippen LogP contribution in [0.3, 0.4) is 0 Å². The zero-order valence-corrected chi connectivity index (χ0v) is 9.34. The summed E-state index contributed by atoms with van der Waals surface area (Å²) in [6.07, 6.45) is 2.21. The van der Waals surface area contributed by atoms with Crippen molar-refractivity contribution in [3.05, 3.63) is 35.9 Å². The number of hydrogen-bond donors (Lipinski definition) is 1. The maximum absolute atomic E-state index is 10.8. The second-order valence-electron chi connectivity index (χ2n) is 4.06. The number of fused-ring (bicyclic) bond motifs is 1. The first-order chi connectivity index (χ1) is 7.59. The van der Waals surface area contributed by atoms with Crippen LogP contribution in [-0.2, 0) is 11.2 Å². The van der Waals surface area contributed by atoms with E-state index in [1.807, 2.05) is 29.5 Å². The van der Waals surface area contributed by atoms with Crippen molar-refractivity contribution in [3.63, 3.8) is 0 Å². The third-order valence-electron chi connectivity index (χ3n) is 2.78. The molecule has 0 bridgehead atoms. The largest absolute Gasteiger partial charge is 0.481 e. The van der Waals surface area contributed by atoms with Crippen LogP contribution >= 0.6 is 0 Å². The Morgan fingerprint density at radius 2 is 2.31 bits per heavy atom. The zero-order valence-electron chi connectivity index (χ0n) is 9.34. The van der Waals surface area contributed by atoms with Gasteiger partial charge in [-0.15, -0.1) is 0 Å². The van der Waals surface area contributed by atoms with E-state index in [4.69, 9.17) is 5.11 Å². The molecule has 4 heteroatoms. The van der Waals surface area contributed by atoms with Crippen molar-refractivity contribution >= 4 is 11.5 Å². The molecule has 0 aromatic carbocycles. The number of aromatic nitrogens is 2. The lowest BCUT2D eigenvalue weighted by Gasteiger charge is -2.04. The molecule has 0 fully saturated rings. The van der Waals surface area contributed by atoms with E-state index in [0.29, 0.717) is 6.42 Å². The van der Waals surface area contributed by atoms with E-state index in [1.54, 1.807) is 13.3 Å². The van der Waals surface area contributed by atoms with Crippen molar-refractivity contribution in [1.82, 2.24) is 9.38 Å². The second kappa shape index (κ2) is 3.96. The van der Waals surface area contributed by atoms with Gasteiger partial charge in [0.2, 0.25) is 0 Å².